The van der Waals surface area contributed by atoms with Gasteiger partial charge in [0.15, 0.2) is 0 Å². The average molecular weight is 463 g/mol. The van der Waals surface area contributed by atoms with Gasteiger partial charge in [-0.2, -0.15) is 0 Å². The average Bonchev–Trinajstić information content (AvgIpc) is 2.99. The minimum absolute atomic E-state index is 0.148. The van der Waals surface area contributed by atoms with E-state index in [4.69, 9.17) is 27.9 Å². The predicted octanol–water partition coefficient (Wildman–Crippen LogP) is 4.09. The molecule has 164 valence electrons. The highest BCUT2D eigenvalue weighted by molar-refractivity contribution is 6.42. The third-order valence-electron chi connectivity index (χ3n) is 4.79. The lowest BCUT2D eigenvalue weighted by molar-refractivity contribution is -0.160. The Morgan fingerprint density at radius 3 is 2.39 bits per heavy atom. The molecule has 0 saturated carbocycles. The highest BCUT2D eigenvalue weighted by Crippen LogP contribution is 2.26. The molecule has 1 fully saturated rings. The Kier molecular flexibility index (Phi) is 6.92. The minimum atomic E-state index is -1.04. The summed E-state index contributed by atoms with van der Waals surface area (Å²) in [7, 11) is 0. The highest BCUT2D eigenvalue weighted by Gasteiger charge is 2.46. The van der Waals surface area contributed by atoms with E-state index in [1.807, 2.05) is 30.3 Å². The first-order chi connectivity index (χ1) is 14.5. The smallest absolute Gasteiger partial charge is 0.313 e. The predicted molar refractivity (Wildman–Crippen MR) is 119 cm³/mol. The third kappa shape index (κ3) is 5.77. The third-order valence-corrected chi connectivity index (χ3v) is 5.53. The van der Waals surface area contributed by atoms with Crippen LogP contribution in [0.2, 0.25) is 10.0 Å². The number of halogens is 2. The lowest BCUT2D eigenvalue weighted by atomic mass is 10.0. The second kappa shape index (κ2) is 9.28. The van der Waals surface area contributed by atoms with Crippen molar-refractivity contribution in [1.82, 2.24) is 10.2 Å². The Balaban J connectivity index is 1.83. The molecule has 1 aliphatic heterocycles. The monoisotopic (exact) mass is 462 g/mol. The quantitative estimate of drug-likeness (QED) is 0.678. The Morgan fingerprint density at radius 1 is 1.10 bits per heavy atom. The number of likely N-dealkylation sites (tertiary alicyclic amines) is 1. The van der Waals surface area contributed by atoms with E-state index in [1.165, 1.54) is 18.2 Å². The zero-order valence-corrected chi connectivity index (χ0v) is 19.0. The molecular weight excluding hydrogens is 439 g/mol. The Hall–Kier alpha value is -2.57. The van der Waals surface area contributed by atoms with E-state index >= 15 is 0 Å². The molecule has 0 aliphatic carbocycles. The van der Waals surface area contributed by atoms with Gasteiger partial charge in [0.05, 0.1) is 10.0 Å². The number of carbonyl (C=O) groups is 3. The van der Waals surface area contributed by atoms with Gasteiger partial charge >= 0.3 is 5.97 Å². The van der Waals surface area contributed by atoms with Crippen LogP contribution in [-0.2, 0) is 20.9 Å². The van der Waals surface area contributed by atoms with Crippen LogP contribution in [0.1, 0.15) is 36.7 Å². The maximum atomic E-state index is 13.1. The molecule has 2 aromatic rings. The van der Waals surface area contributed by atoms with Crippen molar-refractivity contribution in [2.24, 2.45) is 5.92 Å². The summed E-state index contributed by atoms with van der Waals surface area (Å²) in [5, 5.41) is 3.23. The summed E-state index contributed by atoms with van der Waals surface area (Å²) in [6.07, 6.45) is 0. The summed E-state index contributed by atoms with van der Waals surface area (Å²) < 4.78 is 5.51. The molecular formula is C23H24Cl2N2O4. The number of benzene rings is 2. The van der Waals surface area contributed by atoms with Gasteiger partial charge in [0.2, 0.25) is 5.91 Å². The van der Waals surface area contributed by atoms with Crippen LogP contribution in [0.5, 0.6) is 0 Å². The zero-order chi connectivity index (χ0) is 22.8. The second-order valence-corrected chi connectivity index (χ2v) is 9.24. The Bertz CT molecular complexity index is 989. The van der Waals surface area contributed by atoms with Crippen molar-refractivity contribution >= 4 is 41.0 Å². The molecule has 1 saturated heterocycles. The first-order valence-electron chi connectivity index (χ1n) is 9.86. The van der Waals surface area contributed by atoms with Crippen molar-refractivity contribution in [1.29, 1.82) is 0 Å². The maximum absolute atomic E-state index is 13.1. The molecule has 2 amide bonds. The molecule has 0 aromatic heterocycles. The molecule has 1 aliphatic rings. The van der Waals surface area contributed by atoms with Crippen molar-refractivity contribution in [2.45, 2.75) is 39.0 Å². The lowest BCUT2D eigenvalue weighted by Crippen LogP contribution is -2.47. The molecule has 0 spiro atoms. The van der Waals surface area contributed by atoms with Gasteiger partial charge < -0.3 is 15.0 Å². The number of hydrogen-bond acceptors (Lipinski definition) is 4. The minimum Gasteiger partial charge on any atom is -0.460 e. The van der Waals surface area contributed by atoms with Gasteiger partial charge in [-0.05, 0) is 44.5 Å². The van der Waals surface area contributed by atoms with Gasteiger partial charge in [0, 0.05) is 18.7 Å². The maximum Gasteiger partial charge on any atom is 0.313 e. The topological polar surface area (TPSA) is 75.7 Å². The fraction of sp³-hybridized carbons (Fsp3) is 0.348. The van der Waals surface area contributed by atoms with Crippen LogP contribution in [0, 0.1) is 5.92 Å². The van der Waals surface area contributed by atoms with Gasteiger partial charge in [-0.3, -0.25) is 14.4 Å². The molecule has 3 rings (SSSR count). The van der Waals surface area contributed by atoms with E-state index in [1.54, 1.807) is 25.7 Å². The molecule has 0 unspecified atom stereocenters. The van der Waals surface area contributed by atoms with Gasteiger partial charge in [-0.1, -0.05) is 53.5 Å². The van der Waals surface area contributed by atoms with E-state index in [-0.39, 0.29) is 23.0 Å². The van der Waals surface area contributed by atoms with E-state index in [2.05, 4.69) is 5.32 Å². The van der Waals surface area contributed by atoms with Crippen molar-refractivity contribution in [3.8, 4) is 0 Å². The van der Waals surface area contributed by atoms with E-state index in [0.29, 0.717) is 11.6 Å². The van der Waals surface area contributed by atoms with Crippen LogP contribution in [-0.4, -0.2) is 40.9 Å². The number of rotatable bonds is 5. The molecule has 0 bridgehead atoms. The number of carbonyl (C=O) groups excluding carboxylic acids is 3. The number of nitrogens with one attached hydrogen (secondary N) is 1. The fourth-order valence-electron chi connectivity index (χ4n) is 3.36. The number of ether oxygens (including phenoxy) is 1. The summed E-state index contributed by atoms with van der Waals surface area (Å²) in [6, 6.07) is 12.8. The number of hydrogen-bond donors (Lipinski definition) is 1. The molecule has 2 atom stereocenters. The van der Waals surface area contributed by atoms with Gasteiger partial charge in [0.1, 0.15) is 17.6 Å². The summed E-state index contributed by atoms with van der Waals surface area (Å²) in [5.74, 6) is -2.22. The van der Waals surface area contributed by atoms with Crippen LogP contribution in [0.15, 0.2) is 48.5 Å². The van der Waals surface area contributed by atoms with Crippen molar-refractivity contribution in [3.05, 3.63) is 69.7 Å². The summed E-state index contributed by atoms with van der Waals surface area (Å²) in [5.41, 5.74) is 0.451. The molecule has 2 aromatic carbocycles. The van der Waals surface area contributed by atoms with E-state index in [0.717, 1.165) is 5.56 Å². The molecule has 6 nitrogen and oxygen atoms in total. The number of esters is 1. The fourth-order valence-corrected chi connectivity index (χ4v) is 3.66. The largest absolute Gasteiger partial charge is 0.460 e. The molecule has 8 heteroatoms. The SMILES string of the molecule is CC(C)(C)OC(=O)[C@H]1CN(Cc2ccccc2)C(=O)[C@H]1NC(=O)c1ccc(Cl)c(Cl)c1. The molecule has 1 heterocycles. The summed E-state index contributed by atoms with van der Waals surface area (Å²) in [6.45, 7) is 5.75. The first-order valence-corrected chi connectivity index (χ1v) is 10.6. The van der Waals surface area contributed by atoms with Crippen molar-refractivity contribution in [2.75, 3.05) is 6.54 Å². The lowest BCUT2D eigenvalue weighted by Gasteiger charge is -2.24. The number of nitrogens with zero attached hydrogens (tertiary/aromatic N) is 1. The standard InChI is InChI=1S/C23H24Cl2N2O4/c1-23(2,3)31-22(30)16-13-27(12-14-7-5-4-6-8-14)21(29)19(16)26-20(28)15-9-10-17(24)18(25)11-15/h4-11,16,19H,12-13H2,1-3H3,(H,26,28)/t16-,19-/m0/s1. The second-order valence-electron chi connectivity index (χ2n) is 8.42. The summed E-state index contributed by atoms with van der Waals surface area (Å²) >= 11 is 11.9. The molecule has 0 radical (unpaired) electrons. The van der Waals surface area contributed by atoms with E-state index < -0.39 is 29.4 Å². The Labute approximate surface area is 191 Å². The highest BCUT2D eigenvalue weighted by atomic mass is 35.5. The first kappa shape index (κ1) is 23.1. The van der Waals surface area contributed by atoms with Crippen LogP contribution in [0.3, 0.4) is 0 Å². The van der Waals surface area contributed by atoms with Gasteiger partial charge in [-0.15, -0.1) is 0 Å². The van der Waals surface area contributed by atoms with Gasteiger partial charge in [-0.25, -0.2) is 0 Å². The Morgan fingerprint density at radius 2 is 1.77 bits per heavy atom. The zero-order valence-electron chi connectivity index (χ0n) is 17.5. The van der Waals surface area contributed by atoms with Crippen LogP contribution < -0.4 is 5.32 Å². The molecule has 1 N–H and O–H groups in total. The number of amides is 2. The van der Waals surface area contributed by atoms with Gasteiger partial charge in [0.25, 0.3) is 5.91 Å². The van der Waals surface area contributed by atoms with Crippen LogP contribution >= 0.6 is 23.2 Å². The van der Waals surface area contributed by atoms with Crippen LogP contribution in [0.4, 0.5) is 0 Å². The molecule has 31 heavy (non-hydrogen) atoms. The normalized spacial score (nSPS) is 18.7. The van der Waals surface area contributed by atoms with Crippen molar-refractivity contribution < 1.29 is 19.1 Å². The van der Waals surface area contributed by atoms with Crippen molar-refractivity contribution in [3.63, 3.8) is 0 Å². The van der Waals surface area contributed by atoms with E-state index in [9.17, 15) is 14.4 Å². The summed E-state index contributed by atoms with van der Waals surface area (Å²) in [4.78, 5) is 40.3. The van der Waals surface area contributed by atoms with Crippen LogP contribution in [0.25, 0.3) is 0 Å².